The van der Waals surface area contributed by atoms with Crippen LogP contribution in [0, 0.1) is 0 Å². The second-order valence-corrected chi connectivity index (χ2v) is 8.82. The molecule has 156 valence electrons. The van der Waals surface area contributed by atoms with Crippen molar-refractivity contribution >= 4 is 16.3 Å². The highest BCUT2D eigenvalue weighted by molar-refractivity contribution is 7.19. The summed E-state index contributed by atoms with van der Waals surface area (Å²) in [6.07, 6.45) is 0. The standard InChI is InChI=1S/C22H24N4O3S/c1-22(2,3)15-9-7-13(8-10-15)19-23-24-21-26(19)25-20(30-21)14-11-16(27-4)18(29-6)17(12-14)28-5/h7-12H,1-6H3. The third-order valence-electron chi connectivity index (χ3n) is 4.91. The van der Waals surface area contributed by atoms with Crippen LogP contribution in [0.1, 0.15) is 26.3 Å². The summed E-state index contributed by atoms with van der Waals surface area (Å²) in [7, 11) is 4.78. The minimum absolute atomic E-state index is 0.0962. The van der Waals surface area contributed by atoms with Crippen molar-refractivity contribution in [2.45, 2.75) is 26.2 Å². The van der Waals surface area contributed by atoms with Crippen LogP contribution in [-0.2, 0) is 5.41 Å². The third kappa shape index (κ3) is 3.47. The van der Waals surface area contributed by atoms with Crippen molar-refractivity contribution in [2.24, 2.45) is 0 Å². The number of hydrogen-bond acceptors (Lipinski definition) is 7. The number of ether oxygens (including phenoxy) is 3. The Balaban J connectivity index is 1.77. The zero-order valence-electron chi connectivity index (χ0n) is 17.9. The van der Waals surface area contributed by atoms with Crippen LogP contribution in [0.2, 0.25) is 0 Å². The fourth-order valence-corrected chi connectivity index (χ4v) is 4.06. The van der Waals surface area contributed by atoms with Crippen molar-refractivity contribution in [1.29, 1.82) is 0 Å². The first kappa shape index (κ1) is 20.2. The first-order valence-electron chi connectivity index (χ1n) is 9.49. The SMILES string of the molecule is COc1cc(-c2nn3c(-c4ccc(C(C)(C)C)cc4)nnc3s2)cc(OC)c1OC. The van der Waals surface area contributed by atoms with Crippen molar-refractivity contribution in [3.05, 3.63) is 42.0 Å². The van der Waals surface area contributed by atoms with E-state index in [2.05, 4.69) is 55.2 Å². The molecule has 2 heterocycles. The van der Waals surface area contributed by atoms with Crippen molar-refractivity contribution < 1.29 is 14.2 Å². The molecule has 0 N–H and O–H groups in total. The van der Waals surface area contributed by atoms with Crippen molar-refractivity contribution in [1.82, 2.24) is 19.8 Å². The van der Waals surface area contributed by atoms with E-state index >= 15 is 0 Å². The average Bonchev–Trinajstić information content (AvgIpc) is 3.33. The van der Waals surface area contributed by atoms with E-state index in [0.29, 0.717) is 28.0 Å². The van der Waals surface area contributed by atoms with Gasteiger partial charge in [-0.3, -0.25) is 0 Å². The molecule has 0 radical (unpaired) electrons. The van der Waals surface area contributed by atoms with Crippen LogP contribution >= 0.6 is 11.3 Å². The lowest BCUT2D eigenvalue weighted by molar-refractivity contribution is 0.324. The molecule has 0 aliphatic rings. The second-order valence-electron chi connectivity index (χ2n) is 7.87. The highest BCUT2D eigenvalue weighted by Gasteiger charge is 2.19. The van der Waals surface area contributed by atoms with Crippen LogP contribution < -0.4 is 14.2 Å². The molecule has 2 aromatic carbocycles. The Bertz CT molecular complexity index is 1160. The number of fused-ring (bicyclic) bond motifs is 1. The fraction of sp³-hybridized carbons (Fsp3) is 0.318. The Labute approximate surface area is 179 Å². The molecule has 8 heteroatoms. The maximum atomic E-state index is 5.47. The molecule has 0 unspecified atom stereocenters. The number of nitrogens with zero attached hydrogens (tertiary/aromatic N) is 4. The zero-order chi connectivity index (χ0) is 21.5. The normalized spacial score (nSPS) is 11.7. The van der Waals surface area contributed by atoms with Gasteiger partial charge in [-0.05, 0) is 23.1 Å². The molecule has 0 amide bonds. The molecule has 2 aromatic heterocycles. The minimum atomic E-state index is 0.0962. The van der Waals surface area contributed by atoms with Gasteiger partial charge in [-0.2, -0.15) is 9.61 Å². The molecular formula is C22H24N4O3S. The maximum absolute atomic E-state index is 5.47. The van der Waals surface area contributed by atoms with E-state index in [1.807, 2.05) is 12.1 Å². The molecule has 0 fully saturated rings. The summed E-state index contributed by atoms with van der Waals surface area (Å²) >= 11 is 1.45. The summed E-state index contributed by atoms with van der Waals surface area (Å²) in [5, 5.41) is 14.2. The summed E-state index contributed by atoms with van der Waals surface area (Å²) in [5.74, 6) is 2.42. The first-order valence-corrected chi connectivity index (χ1v) is 10.3. The van der Waals surface area contributed by atoms with Crippen molar-refractivity contribution in [3.8, 4) is 39.2 Å². The number of aromatic nitrogens is 4. The lowest BCUT2D eigenvalue weighted by Crippen LogP contribution is -2.10. The van der Waals surface area contributed by atoms with Crippen LogP contribution in [0.25, 0.3) is 26.9 Å². The monoisotopic (exact) mass is 424 g/mol. The van der Waals surface area contributed by atoms with E-state index in [1.165, 1.54) is 16.9 Å². The van der Waals surface area contributed by atoms with E-state index in [0.717, 1.165) is 16.1 Å². The molecule has 0 aliphatic heterocycles. The van der Waals surface area contributed by atoms with Crippen molar-refractivity contribution in [3.63, 3.8) is 0 Å². The highest BCUT2D eigenvalue weighted by Crippen LogP contribution is 2.42. The van der Waals surface area contributed by atoms with E-state index in [-0.39, 0.29) is 5.41 Å². The quantitative estimate of drug-likeness (QED) is 0.456. The van der Waals surface area contributed by atoms with Gasteiger partial charge in [-0.1, -0.05) is 56.4 Å². The van der Waals surface area contributed by atoms with Gasteiger partial charge >= 0.3 is 0 Å². The summed E-state index contributed by atoms with van der Waals surface area (Å²) in [6, 6.07) is 12.1. The summed E-state index contributed by atoms with van der Waals surface area (Å²) in [4.78, 5) is 0.716. The molecule has 0 saturated carbocycles. The molecule has 7 nitrogen and oxygen atoms in total. The first-order chi connectivity index (χ1) is 14.4. The smallest absolute Gasteiger partial charge is 0.235 e. The predicted molar refractivity (Wildman–Crippen MR) is 118 cm³/mol. The highest BCUT2D eigenvalue weighted by atomic mass is 32.1. The molecule has 0 saturated heterocycles. The van der Waals surface area contributed by atoms with Crippen LogP contribution in [0.15, 0.2) is 36.4 Å². The minimum Gasteiger partial charge on any atom is -0.493 e. The van der Waals surface area contributed by atoms with Crippen LogP contribution in [0.4, 0.5) is 0 Å². The number of methoxy groups -OCH3 is 3. The van der Waals surface area contributed by atoms with Gasteiger partial charge in [0.15, 0.2) is 17.3 Å². The van der Waals surface area contributed by atoms with Crippen molar-refractivity contribution in [2.75, 3.05) is 21.3 Å². The molecule has 0 bridgehead atoms. The third-order valence-corrected chi connectivity index (χ3v) is 5.86. The second kappa shape index (κ2) is 7.60. The number of benzene rings is 2. The van der Waals surface area contributed by atoms with Gasteiger partial charge in [-0.25, -0.2) is 0 Å². The Morgan fingerprint density at radius 2 is 1.47 bits per heavy atom. The lowest BCUT2D eigenvalue weighted by atomic mass is 9.87. The summed E-state index contributed by atoms with van der Waals surface area (Å²) in [5.41, 5.74) is 3.19. The number of rotatable bonds is 5. The van der Waals surface area contributed by atoms with Gasteiger partial charge in [0.1, 0.15) is 5.01 Å². The Morgan fingerprint density at radius 3 is 2.00 bits per heavy atom. The van der Waals surface area contributed by atoms with Gasteiger partial charge in [-0.15, -0.1) is 10.2 Å². The van der Waals surface area contributed by atoms with E-state index in [4.69, 9.17) is 19.3 Å². The topological polar surface area (TPSA) is 70.8 Å². The fourth-order valence-electron chi connectivity index (χ4n) is 3.24. The largest absolute Gasteiger partial charge is 0.493 e. The molecule has 30 heavy (non-hydrogen) atoms. The Morgan fingerprint density at radius 1 is 0.833 bits per heavy atom. The van der Waals surface area contributed by atoms with Gasteiger partial charge < -0.3 is 14.2 Å². The van der Waals surface area contributed by atoms with Gasteiger partial charge in [0.05, 0.1) is 21.3 Å². The van der Waals surface area contributed by atoms with E-state index < -0.39 is 0 Å². The van der Waals surface area contributed by atoms with E-state index in [9.17, 15) is 0 Å². The van der Waals surface area contributed by atoms with Crippen LogP contribution in [0.5, 0.6) is 17.2 Å². The maximum Gasteiger partial charge on any atom is 0.235 e. The van der Waals surface area contributed by atoms with Gasteiger partial charge in [0.25, 0.3) is 0 Å². The molecule has 4 rings (SSSR count). The number of hydrogen-bond donors (Lipinski definition) is 0. The molecular weight excluding hydrogens is 400 g/mol. The molecule has 0 aliphatic carbocycles. The zero-order valence-corrected chi connectivity index (χ0v) is 18.7. The van der Waals surface area contributed by atoms with Crippen LogP contribution in [-0.4, -0.2) is 41.1 Å². The average molecular weight is 425 g/mol. The predicted octanol–water partition coefficient (Wildman–Crippen LogP) is 4.84. The molecule has 0 atom stereocenters. The van der Waals surface area contributed by atoms with Crippen LogP contribution in [0.3, 0.4) is 0 Å². The lowest BCUT2D eigenvalue weighted by Gasteiger charge is -2.18. The molecule has 4 aromatic rings. The van der Waals surface area contributed by atoms with Gasteiger partial charge in [0, 0.05) is 11.1 Å². The summed E-state index contributed by atoms with van der Waals surface area (Å²) < 4.78 is 18.1. The Kier molecular flexibility index (Phi) is 5.11. The summed E-state index contributed by atoms with van der Waals surface area (Å²) in [6.45, 7) is 6.59. The van der Waals surface area contributed by atoms with Gasteiger partial charge in [0.2, 0.25) is 10.7 Å². The molecule has 0 spiro atoms. The Hall–Kier alpha value is -3.13. The van der Waals surface area contributed by atoms with E-state index in [1.54, 1.807) is 25.8 Å².